The van der Waals surface area contributed by atoms with E-state index < -0.39 is 23.8 Å². The first-order valence-electron chi connectivity index (χ1n) is 5.93. The van der Waals surface area contributed by atoms with Gasteiger partial charge in [0.15, 0.2) is 0 Å². The molecule has 0 radical (unpaired) electrons. The Kier molecular flexibility index (Phi) is 5.46. The number of hydrogen-bond donors (Lipinski definition) is 2. The van der Waals surface area contributed by atoms with Crippen LogP contribution in [-0.2, 0) is 9.59 Å². The van der Waals surface area contributed by atoms with E-state index in [-0.39, 0.29) is 6.42 Å². The van der Waals surface area contributed by atoms with Gasteiger partial charge in [0.1, 0.15) is 11.8 Å². The van der Waals surface area contributed by atoms with Crippen LogP contribution >= 0.6 is 0 Å². The molecule has 0 saturated carbocycles. The van der Waals surface area contributed by atoms with Crippen molar-refractivity contribution in [2.24, 2.45) is 5.73 Å². The highest BCUT2D eigenvalue weighted by atomic mass is 16.5. The number of benzene rings is 1. The molecule has 1 aromatic rings. The molecule has 0 saturated heterocycles. The zero-order valence-corrected chi connectivity index (χ0v) is 11.1. The number of ether oxygens (including phenoxy) is 1. The lowest BCUT2D eigenvalue weighted by Gasteiger charge is -2.13. The number of rotatable bonds is 6. The number of esters is 1. The molecular weight excluding hydrogens is 260 g/mol. The first-order valence-corrected chi connectivity index (χ1v) is 5.93. The van der Waals surface area contributed by atoms with Crippen LogP contribution in [0.4, 0.5) is 0 Å². The van der Waals surface area contributed by atoms with Crippen LogP contribution in [0.3, 0.4) is 0 Å². The Labute approximate surface area is 116 Å². The van der Waals surface area contributed by atoms with Crippen LogP contribution in [0.25, 0.3) is 0 Å². The predicted molar refractivity (Wildman–Crippen MR) is 73.0 cm³/mol. The quantitative estimate of drug-likeness (QED) is 0.455. The molecule has 0 aliphatic rings. The average molecular weight is 276 g/mol. The van der Waals surface area contributed by atoms with Gasteiger partial charge in [-0.1, -0.05) is 6.08 Å². The fourth-order valence-corrected chi connectivity index (χ4v) is 1.49. The van der Waals surface area contributed by atoms with Crippen molar-refractivity contribution in [3.05, 3.63) is 42.5 Å². The van der Waals surface area contributed by atoms with Crippen molar-refractivity contribution in [3.8, 4) is 5.75 Å². The molecule has 1 aromatic carbocycles. The number of nitrogens with one attached hydrogen (secondary N) is 1. The summed E-state index contributed by atoms with van der Waals surface area (Å²) in [5, 5.41) is 2.50. The first-order chi connectivity index (χ1) is 9.43. The summed E-state index contributed by atoms with van der Waals surface area (Å²) in [5.74, 6) is -1.17. The number of primary amides is 1. The van der Waals surface area contributed by atoms with Crippen LogP contribution in [-0.4, -0.2) is 23.8 Å². The van der Waals surface area contributed by atoms with Gasteiger partial charge >= 0.3 is 5.97 Å². The lowest BCUT2D eigenvalue weighted by molar-refractivity contribution is -0.131. The molecule has 1 atom stereocenters. The molecule has 6 heteroatoms. The number of hydrogen-bond acceptors (Lipinski definition) is 4. The van der Waals surface area contributed by atoms with Crippen LogP contribution < -0.4 is 15.8 Å². The van der Waals surface area contributed by atoms with Crippen molar-refractivity contribution in [3.63, 3.8) is 0 Å². The molecule has 20 heavy (non-hydrogen) atoms. The third-order valence-corrected chi connectivity index (χ3v) is 2.43. The number of nitrogens with two attached hydrogens (primary N) is 1. The van der Waals surface area contributed by atoms with E-state index in [0.29, 0.717) is 11.3 Å². The third kappa shape index (κ3) is 4.56. The zero-order chi connectivity index (χ0) is 15.1. The molecule has 0 aliphatic heterocycles. The predicted octanol–water partition coefficient (Wildman–Crippen LogP) is 0.772. The highest BCUT2D eigenvalue weighted by Crippen LogP contribution is 2.12. The summed E-state index contributed by atoms with van der Waals surface area (Å²) in [6.45, 7) is 4.78. The van der Waals surface area contributed by atoms with Gasteiger partial charge in [-0.3, -0.25) is 14.4 Å². The monoisotopic (exact) mass is 276 g/mol. The Morgan fingerprint density at radius 2 is 1.95 bits per heavy atom. The Bertz CT molecular complexity index is 522. The maximum atomic E-state index is 11.9. The Hall–Kier alpha value is -2.63. The van der Waals surface area contributed by atoms with Gasteiger partial charge in [-0.05, 0) is 30.7 Å². The number of carbonyl (C=O) groups excluding carboxylic acids is 3. The van der Waals surface area contributed by atoms with Crippen LogP contribution in [0, 0.1) is 0 Å². The molecule has 1 rings (SSSR count). The van der Waals surface area contributed by atoms with Crippen molar-refractivity contribution in [1.82, 2.24) is 5.32 Å². The fraction of sp³-hybridized carbons (Fsp3) is 0.214. The number of carbonyl (C=O) groups is 3. The second-order valence-corrected chi connectivity index (χ2v) is 4.07. The maximum absolute atomic E-state index is 11.9. The maximum Gasteiger partial charge on any atom is 0.308 e. The Morgan fingerprint density at radius 3 is 2.40 bits per heavy atom. The molecule has 0 spiro atoms. The van der Waals surface area contributed by atoms with Gasteiger partial charge in [0.05, 0.1) is 0 Å². The molecular formula is C14H16N2O4. The van der Waals surface area contributed by atoms with Crippen LogP contribution in [0.2, 0.25) is 0 Å². The van der Waals surface area contributed by atoms with Gasteiger partial charge in [-0.2, -0.15) is 0 Å². The van der Waals surface area contributed by atoms with E-state index in [2.05, 4.69) is 11.9 Å². The van der Waals surface area contributed by atoms with Crippen molar-refractivity contribution in [2.45, 2.75) is 19.4 Å². The second kappa shape index (κ2) is 7.08. The van der Waals surface area contributed by atoms with Gasteiger partial charge in [0, 0.05) is 12.5 Å². The normalized spacial score (nSPS) is 11.2. The zero-order valence-electron chi connectivity index (χ0n) is 11.1. The molecule has 106 valence electrons. The van der Waals surface area contributed by atoms with Crippen LogP contribution in [0.15, 0.2) is 36.9 Å². The highest BCUT2D eigenvalue weighted by molar-refractivity contribution is 5.97. The smallest absolute Gasteiger partial charge is 0.308 e. The van der Waals surface area contributed by atoms with E-state index in [1.807, 2.05) is 0 Å². The minimum atomic E-state index is -0.798. The molecule has 6 nitrogen and oxygen atoms in total. The molecule has 0 fully saturated rings. The Morgan fingerprint density at radius 1 is 1.35 bits per heavy atom. The topological polar surface area (TPSA) is 98.5 Å². The van der Waals surface area contributed by atoms with Gasteiger partial charge in [-0.25, -0.2) is 0 Å². The SMILES string of the molecule is C=CC[C@H](NC(=O)c1ccc(OC(C)=O)cc1)C(N)=O. The molecule has 0 unspecified atom stereocenters. The summed E-state index contributed by atoms with van der Waals surface area (Å²) < 4.78 is 4.85. The van der Waals surface area contributed by atoms with Crippen LogP contribution in [0.5, 0.6) is 5.75 Å². The van der Waals surface area contributed by atoms with Crippen molar-refractivity contribution in [2.75, 3.05) is 0 Å². The summed E-state index contributed by atoms with van der Waals surface area (Å²) >= 11 is 0. The highest BCUT2D eigenvalue weighted by Gasteiger charge is 2.17. The second-order valence-electron chi connectivity index (χ2n) is 4.07. The van der Waals surface area contributed by atoms with Crippen molar-refractivity contribution >= 4 is 17.8 Å². The summed E-state index contributed by atoms with van der Waals surface area (Å²) in [6, 6.07) is 5.15. The number of amides is 2. The van der Waals surface area contributed by atoms with Crippen molar-refractivity contribution in [1.29, 1.82) is 0 Å². The largest absolute Gasteiger partial charge is 0.427 e. The van der Waals surface area contributed by atoms with Crippen molar-refractivity contribution < 1.29 is 19.1 Å². The van der Waals surface area contributed by atoms with E-state index in [9.17, 15) is 14.4 Å². The van der Waals surface area contributed by atoms with Gasteiger partial charge < -0.3 is 15.8 Å². The van der Waals surface area contributed by atoms with E-state index >= 15 is 0 Å². The third-order valence-electron chi connectivity index (χ3n) is 2.43. The fourth-order valence-electron chi connectivity index (χ4n) is 1.49. The summed E-state index contributed by atoms with van der Waals surface area (Å²) in [4.78, 5) is 33.8. The van der Waals surface area contributed by atoms with Crippen LogP contribution in [0.1, 0.15) is 23.7 Å². The van der Waals surface area contributed by atoms with E-state index in [1.165, 1.54) is 37.3 Å². The van der Waals surface area contributed by atoms with E-state index in [4.69, 9.17) is 10.5 Å². The molecule has 3 N–H and O–H groups in total. The van der Waals surface area contributed by atoms with E-state index in [0.717, 1.165) is 0 Å². The molecule has 2 amide bonds. The molecule has 0 aromatic heterocycles. The average Bonchev–Trinajstić information content (AvgIpc) is 2.38. The molecule has 0 bridgehead atoms. The first kappa shape index (κ1) is 15.4. The minimum Gasteiger partial charge on any atom is -0.427 e. The summed E-state index contributed by atoms with van der Waals surface area (Å²) in [5.41, 5.74) is 5.50. The lowest BCUT2D eigenvalue weighted by atomic mass is 10.1. The van der Waals surface area contributed by atoms with Gasteiger partial charge in [0.2, 0.25) is 5.91 Å². The molecule has 0 aliphatic carbocycles. The standard InChI is InChI=1S/C14H16N2O4/c1-3-4-12(13(15)18)16-14(19)10-5-7-11(8-6-10)20-9(2)17/h3,5-8,12H,1,4H2,2H3,(H2,15,18)(H,16,19)/t12-/m0/s1. The van der Waals surface area contributed by atoms with Gasteiger partial charge in [-0.15, -0.1) is 6.58 Å². The molecule has 0 heterocycles. The Balaban J connectivity index is 2.74. The van der Waals surface area contributed by atoms with Gasteiger partial charge in [0.25, 0.3) is 5.91 Å². The summed E-state index contributed by atoms with van der Waals surface area (Å²) in [7, 11) is 0. The summed E-state index contributed by atoms with van der Waals surface area (Å²) in [6.07, 6.45) is 1.76. The lowest BCUT2D eigenvalue weighted by Crippen LogP contribution is -2.44. The van der Waals surface area contributed by atoms with E-state index in [1.54, 1.807) is 0 Å². The minimum absolute atomic E-state index is 0.257.